The molecule has 0 heterocycles. The van der Waals surface area contributed by atoms with Crippen molar-refractivity contribution in [2.75, 3.05) is 11.9 Å². The molecule has 128 valence electrons. The summed E-state index contributed by atoms with van der Waals surface area (Å²) in [5, 5.41) is 3.70. The highest BCUT2D eigenvalue weighted by atomic mass is 35.5. The van der Waals surface area contributed by atoms with Crippen molar-refractivity contribution in [3.05, 3.63) is 57.6 Å². The van der Waals surface area contributed by atoms with Gasteiger partial charge in [0.05, 0.1) is 6.61 Å². The van der Waals surface area contributed by atoms with Gasteiger partial charge in [-0.3, -0.25) is 4.79 Å². The van der Waals surface area contributed by atoms with Crippen molar-refractivity contribution in [1.82, 2.24) is 0 Å². The molecule has 0 aliphatic carbocycles. The molecule has 0 radical (unpaired) electrons. The maximum absolute atomic E-state index is 12.0. The Bertz CT molecular complexity index is 717. The number of nitrogens with one attached hydrogen (secondary N) is 1. The maximum Gasteiger partial charge on any atom is 0.224 e. The summed E-state index contributed by atoms with van der Waals surface area (Å²) in [6, 6.07) is 9.77. The highest BCUT2D eigenvalue weighted by Gasteiger charge is 2.06. The minimum atomic E-state index is 0.00493. The van der Waals surface area contributed by atoms with Crippen LogP contribution in [0.2, 0.25) is 5.02 Å². The number of aryl methyl sites for hydroxylation is 4. The average Bonchev–Trinajstić information content (AvgIpc) is 2.52. The Morgan fingerprint density at radius 1 is 1.00 bits per heavy atom. The van der Waals surface area contributed by atoms with Gasteiger partial charge in [0, 0.05) is 17.1 Å². The fourth-order valence-corrected chi connectivity index (χ4v) is 2.56. The van der Waals surface area contributed by atoms with Crippen LogP contribution in [0.5, 0.6) is 5.75 Å². The third-order valence-electron chi connectivity index (χ3n) is 4.02. The lowest BCUT2D eigenvalue weighted by molar-refractivity contribution is -0.116. The lowest BCUT2D eigenvalue weighted by Gasteiger charge is -2.10. The van der Waals surface area contributed by atoms with Gasteiger partial charge in [0.1, 0.15) is 5.75 Å². The van der Waals surface area contributed by atoms with Crippen LogP contribution in [0.3, 0.4) is 0 Å². The van der Waals surface area contributed by atoms with Crippen LogP contribution < -0.4 is 10.1 Å². The molecule has 4 heteroatoms. The zero-order chi connectivity index (χ0) is 17.7. The fourth-order valence-electron chi connectivity index (χ4n) is 2.45. The molecular formula is C20H24ClNO2. The van der Waals surface area contributed by atoms with Crippen LogP contribution in [0.25, 0.3) is 0 Å². The zero-order valence-corrected chi connectivity index (χ0v) is 15.5. The number of ether oxygens (including phenoxy) is 1. The fraction of sp³-hybridized carbons (Fsp3) is 0.350. The molecule has 3 nitrogen and oxygen atoms in total. The van der Waals surface area contributed by atoms with Gasteiger partial charge in [-0.1, -0.05) is 17.7 Å². The van der Waals surface area contributed by atoms with E-state index in [0.29, 0.717) is 19.4 Å². The number of carbonyl (C=O) groups is 1. The van der Waals surface area contributed by atoms with Crippen LogP contribution >= 0.6 is 11.6 Å². The second kappa shape index (κ2) is 8.20. The minimum Gasteiger partial charge on any atom is -0.494 e. The second-order valence-electron chi connectivity index (χ2n) is 6.17. The predicted octanol–water partition coefficient (Wildman–Crippen LogP) is 5.37. The van der Waals surface area contributed by atoms with Gasteiger partial charge in [-0.15, -0.1) is 0 Å². The maximum atomic E-state index is 12.0. The molecule has 0 spiro atoms. The third kappa shape index (κ3) is 5.00. The molecule has 0 unspecified atom stereocenters. The summed E-state index contributed by atoms with van der Waals surface area (Å²) in [6.07, 6.45) is 1.09. The Morgan fingerprint density at radius 2 is 1.67 bits per heavy atom. The highest BCUT2D eigenvalue weighted by Crippen LogP contribution is 2.26. The second-order valence-corrected chi connectivity index (χ2v) is 6.55. The van der Waals surface area contributed by atoms with Crippen LogP contribution in [0.15, 0.2) is 30.3 Å². The van der Waals surface area contributed by atoms with E-state index in [-0.39, 0.29) is 5.91 Å². The predicted molar refractivity (Wildman–Crippen MR) is 100 cm³/mol. The summed E-state index contributed by atoms with van der Waals surface area (Å²) in [7, 11) is 0. The van der Waals surface area contributed by atoms with Crippen LogP contribution in [-0.2, 0) is 4.79 Å². The number of rotatable bonds is 6. The number of hydrogen-bond donors (Lipinski definition) is 1. The van der Waals surface area contributed by atoms with Crippen LogP contribution in [0.1, 0.15) is 35.1 Å². The number of benzene rings is 2. The Labute approximate surface area is 149 Å². The SMILES string of the molecule is Cc1ccc(NC(=O)CCCOc2cc(C)c(Cl)c(C)c2)cc1C. The first-order valence-corrected chi connectivity index (χ1v) is 8.51. The van der Waals surface area contributed by atoms with E-state index in [1.54, 1.807) is 0 Å². The smallest absolute Gasteiger partial charge is 0.224 e. The van der Waals surface area contributed by atoms with E-state index in [2.05, 4.69) is 12.2 Å². The normalized spacial score (nSPS) is 10.5. The van der Waals surface area contributed by atoms with Crippen molar-refractivity contribution < 1.29 is 9.53 Å². The van der Waals surface area contributed by atoms with E-state index < -0.39 is 0 Å². The molecule has 0 bridgehead atoms. The molecule has 0 atom stereocenters. The number of amides is 1. The Balaban J connectivity index is 1.77. The first kappa shape index (κ1) is 18.3. The number of hydrogen-bond acceptors (Lipinski definition) is 2. The molecule has 0 fully saturated rings. The van der Waals surface area contributed by atoms with Crippen molar-refractivity contribution in [2.45, 2.75) is 40.5 Å². The van der Waals surface area contributed by atoms with E-state index in [0.717, 1.165) is 27.6 Å². The quantitative estimate of drug-likeness (QED) is 0.714. The van der Waals surface area contributed by atoms with Gasteiger partial charge in [0.15, 0.2) is 0 Å². The van der Waals surface area contributed by atoms with Crippen LogP contribution in [-0.4, -0.2) is 12.5 Å². The van der Waals surface area contributed by atoms with Crippen LogP contribution in [0, 0.1) is 27.7 Å². The Hall–Kier alpha value is -2.00. The summed E-state index contributed by atoms with van der Waals surface area (Å²) in [5.41, 5.74) is 5.23. The first-order valence-electron chi connectivity index (χ1n) is 8.13. The monoisotopic (exact) mass is 345 g/mol. The van der Waals surface area contributed by atoms with Gasteiger partial charge in [0.2, 0.25) is 5.91 Å². The molecular weight excluding hydrogens is 322 g/mol. The zero-order valence-electron chi connectivity index (χ0n) is 14.7. The molecule has 1 amide bonds. The van der Waals surface area contributed by atoms with Gasteiger partial charge in [0.25, 0.3) is 0 Å². The van der Waals surface area contributed by atoms with E-state index in [4.69, 9.17) is 16.3 Å². The summed E-state index contributed by atoms with van der Waals surface area (Å²) in [6.45, 7) is 8.51. The van der Waals surface area contributed by atoms with E-state index in [1.807, 2.05) is 51.1 Å². The van der Waals surface area contributed by atoms with E-state index in [9.17, 15) is 4.79 Å². The number of carbonyl (C=O) groups excluding carboxylic acids is 1. The molecule has 0 aliphatic heterocycles. The number of halogens is 1. The van der Waals surface area contributed by atoms with Gasteiger partial charge in [-0.25, -0.2) is 0 Å². The van der Waals surface area contributed by atoms with Crippen molar-refractivity contribution in [3.8, 4) is 5.75 Å². The lowest BCUT2D eigenvalue weighted by Crippen LogP contribution is -2.13. The third-order valence-corrected chi connectivity index (χ3v) is 4.61. The molecule has 2 aromatic carbocycles. The van der Waals surface area contributed by atoms with Gasteiger partial charge in [-0.05, 0) is 80.6 Å². The van der Waals surface area contributed by atoms with Crippen LogP contribution in [0.4, 0.5) is 5.69 Å². The molecule has 24 heavy (non-hydrogen) atoms. The highest BCUT2D eigenvalue weighted by molar-refractivity contribution is 6.32. The lowest BCUT2D eigenvalue weighted by atomic mass is 10.1. The van der Waals surface area contributed by atoms with Gasteiger partial charge in [-0.2, -0.15) is 0 Å². The minimum absolute atomic E-state index is 0.00493. The first-order chi connectivity index (χ1) is 11.4. The largest absolute Gasteiger partial charge is 0.494 e. The molecule has 0 saturated carbocycles. The molecule has 0 aliphatic rings. The summed E-state index contributed by atoms with van der Waals surface area (Å²) in [5.74, 6) is 0.800. The average molecular weight is 346 g/mol. The van der Waals surface area contributed by atoms with E-state index in [1.165, 1.54) is 11.1 Å². The molecule has 0 saturated heterocycles. The summed E-state index contributed by atoms with van der Waals surface area (Å²) >= 11 is 6.14. The summed E-state index contributed by atoms with van der Waals surface area (Å²) < 4.78 is 5.72. The van der Waals surface area contributed by atoms with Crippen molar-refractivity contribution in [3.63, 3.8) is 0 Å². The molecule has 2 rings (SSSR count). The topological polar surface area (TPSA) is 38.3 Å². The van der Waals surface area contributed by atoms with E-state index >= 15 is 0 Å². The molecule has 2 aromatic rings. The Morgan fingerprint density at radius 3 is 2.29 bits per heavy atom. The van der Waals surface area contributed by atoms with Crippen molar-refractivity contribution >= 4 is 23.2 Å². The molecule has 1 N–H and O–H groups in total. The summed E-state index contributed by atoms with van der Waals surface area (Å²) in [4.78, 5) is 12.0. The Kier molecular flexibility index (Phi) is 6.27. The standard InChI is InChI=1S/C20H24ClNO2/c1-13-7-8-17(10-14(13)2)22-19(23)6-5-9-24-18-11-15(3)20(21)16(4)12-18/h7-8,10-12H,5-6,9H2,1-4H3,(H,22,23). The van der Waals surface area contributed by atoms with Gasteiger partial charge >= 0.3 is 0 Å². The number of anilines is 1. The van der Waals surface area contributed by atoms with Crippen molar-refractivity contribution in [1.29, 1.82) is 0 Å². The molecule has 0 aromatic heterocycles. The van der Waals surface area contributed by atoms with Crippen molar-refractivity contribution in [2.24, 2.45) is 0 Å². The van der Waals surface area contributed by atoms with Gasteiger partial charge < -0.3 is 10.1 Å².